The van der Waals surface area contributed by atoms with Gasteiger partial charge in [-0.2, -0.15) is 0 Å². The summed E-state index contributed by atoms with van der Waals surface area (Å²) < 4.78 is 8.90. The number of hydrogen-bond acceptors (Lipinski definition) is 9. The van der Waals surface area contributed by atoms with Crippen molar-refractivity contribution in [1.82, 2.24) is 24.0 Å². The first kappa shape index (κ1) is 37.6. The van der Waals surface area contributed by atoms with Crippen LogP contribution in [0.2, 0.25) is 0 Å². The van der Waals surface area contributed by atoms with Crippen molar-refractivity contribution < 1.29 is 19.4 Å². The third-order valence-electron chi connectivity index (χ3n) is 11.1. The van der Waals surface area contributed by atoms with Crippen LogP contribution in [0.4, 0.5) is 11.4 Å². The van der Waals surface area contributed by atoms with Gasteiger partial charge in [0, 0.05) is 50.7 Å². The number of nitrogens with one attached hydrogen (secondary N) is 2. The van der Waals surface area contributed by atoms with Crippen LogP contribution in [0.15, 0.2) is 95.0 Å². The van der Waals surface area contributed by atoms with Gasteiger partial charge in [-0.05, 0) is 73.9 Å². The van der Waals surface area contributed by atoms with Crippen LogP contribution in [0.1, 0.15) is 56.8 Å². The molecule has 3 aliphatic rings. The molecule has 1 amide bonds. The number of carboxylic acids is 1. The number of rotatable bonds is 8. The minimum absolute atomic E-state index is 0.198. The van der Waals surface area contributed by atoms with E-state index in [0.29, 0.717) is 61.5 Å². The number of aryl methyl sites for hydroxylation is 2. The number of morpholine rings is 1. The second-order valence-electron chi connectivity index (χ2n) is 14.8. The van der Waals surface area contributed by atoms with Gasteiger partial charge in [-0.15, -0.1) is 0 Å². The lowest BCUT2D eigenvalue weighted by Crippen LogP contribution is -2.42. The second-order valence-corrected chi connectivity index (χ2v) is 14.8. The van der Waals surface area contributed by atoms with Gasteiger partial charge in [0.05, 0.1) is 47.8 Å². The molecule has 2 aliphatic carbocycles. The summed E-state index contributed by atoms with van der Waals surface area (Å²) in [6, 6.07) is 20.9. The SMILES string of the molecule is CCn1cc(C(=O)N2CCOCC2)c(=O)c2cc(NC3Cc4ccccc4C3)cnc21.CCn1cc(C(=O)O)c(=O)c2cc(NC3Cc4ccccc4C3)cnc21. The van der Waals surface area contributed by atoms with E-state index in [-0.39, 0.29) is 34.5 Å². The van der Waals surface area contributed by atoms with Gasteiger partial charge in [0.2, 0.25) is 10.9 Å². The number of fused-ring (bicyclic) bond motifs is 4. The van der Waals surface area contributed by atoms with Crippen molar-refractivity contribution in [3.63, 3.8) is 0 Å². The molecule has 2 aromatic carbocycles. The van der Waals surface area contributed by atoms with Gasteiger partial charge in [-0.1, -0.05) is 48.5 Å². The molecule has 9 rings (SSSR count). The Morgan fingerprint density at radius 1 is 0.702 bits per heavy atom. The Labute approximate surface area is 329 Å². The fourth-order valence-electron chi connectivity index (χ4n) is 8.22. The largest absolute Gasteiger partial charge is 0.477 e. The smallest absolute Gasteiger partial charge is 0.341 e. The van der Waals surface area contributed by atoms with E-state index in [1.807, 2.05) is 36.6 Å². The Morgan fingerprint density at radius 2 is 1.12 bits per heavy atom. The molecule has 0 unspecified atom stereocenters. The molecule has 292 valence electrons. The highest BCUT2D eigenvalue weighted by Crippen LogP contribution is 2.27. The Kier molecular flexibility index (Phi) is 10.6. The molecule has 13 nitrogen and oxygen atoms in total. The molecular formula is C44H45N7O6. The number of nitrogens with zero attached hydrogens (tertiary/aromatic N) is 5. The highest BCUT2D eigenvalue weighted by molar-refractivity contribution is 5.97. The molecule has 4 aromatic heterocycles. The van der Waals surface area contributed by atoms with Crippen LogP contribution in [0.3, 0.4) is 0 Å². The molecule has 0 saturated carbocycles. The lowest BCUT2D eigenvalue weighted by atomic mass is 10.1. The highest BCUT2D eigenvalue weighted by Gasteiger charge is 2.25. The quantitative estimate of drug-likeness (QED) is 0.189. The van der Waals surface area contributed by atoms with Crippen molar-refractivity contribution in [2.45, 2.75) is 64.7 Å². The number of aromatic carboxylic acids is 1. The van der Waals surface area contributed by atoms with Crippen LogP contribution in [-0.2, 0) is 43.5 Å². The molecule has 0 atom stereocenters. The summed E-state index contributed by atoms with van der Waals surface area (Å²) in [5.41, 5.74) is 7.24. The minimum atomic E-state index is -1.22. The molecule has 57 heavy (non-hydrogen) atoms. The van der Waals surface area contributed by atoms with Crippen LogP contribution in [0, 0.1) is 0 Å². The normalized spacial score (nSPS) is 15.2. The predicted octanol–water partition coefficient (Wildman–Crippen LogP) is 5.16. The van der Waals surface area contributed by atoms with Crippen LogP contribution < -0.4 is 21.5 Å². The van der Waals surface area contributed by atoms with Crippen LogP contribution in [0.25, 0.3) is 22.1 Å². The average Bonchev–Trinajstić information content (AvgIpc) is 3.84. The molecule has 0 spiro atoms. The number of hydrogen-bond donors (Lipinski definition) is 3. The highest BCUT2D eigenvalue weighted by atomic mass is 16.5. The predicted molar refractivity (Wildman–Crippen MR) is 220 cm³/mol. The first-order valence-corrected chi connectivity index (χ1v) is 19.5. The number of carboxylic acid groups (broad SMARTS) is 1. The Balaban J connectivity index is 0.000000162. The van der Waals surface area contributed by atoms with Crippen molar-refractivity contribution in [2.24, 2.45) is 0 Å². The van der Waals surface area contributed by atoms with Gasteiger partial charge in [-0.25, -0.2) is 14.8 Å². The zero-order chi connectivity index (χ0) is 39.6. The van der Waals surface area contributed by atoms with E-state index < -0.39 is 11.4 Å². The van der Waals surface area contributed by atoms with Crippen molar-refractivity contribution >= 4 is 45.3 Å². The topological polar surface area (TPSA) is 161 Å². The molecule has 1 aliphatic heterocycles. The lowest BCUT2D eigenvalue weighted by molar-refractivity contribution is 0.0301. The van der Waals surface area contributed by atoms with Crippen molar-refractivity contribution in [1.29, 1.82) is 0 Å². The summed E-state index contributed by atoms with van der Waals surface area (Å²) in [4.78, 5) is 60.9. The molecule has 3 N–H and O–H groups in total. The van der Waals surface area contributed by atoms with Crippen molar-refractivity contribution in [2.75, 3.05) is 36.9 Å². The first-order valence-electron chi connectivity index (χ1n) is 19.5. The zero-order valence-corrected chi connectivity index (χ0v) is 32.0. The van der Waals surface area contributed by atoms with Gasteiger partial charge in [0.25, 0.3) is 5.91 Å². The van der Waals surface area contributed by atoms with Crippen molar-refractivity contribution in [3.8, 4) is 0 Å². The van der Waals surface area contributed by atoms with E-state index in [0.717, 1.165) is 37.1 Å². The molecule has 13 heteroatoms. The Morgan fingerprint density at radius 3 is 1.54 bits per heavy atom. The van der Waals surface area contributed by atoms with Crippen LogP contribution in [-0.4, -0.2) is 79.4 Å². The number of carbonyl (C=O) groups is 2. The Bertz CT molecular complexity index is 2580. The van der Waals surface area contributed by atoms with E-state index in [1.54, 1.807) is 34.1 Å². The molecule has 5 heterocycles. The fourth-order valence-corrected chi connectivity index (χ4v) is 8.22. The number of aromatic nitrogens is 4. The molecule has 1 fully saturated rings. The number of ether oxygens (including phenoxy) is 1. The maximum Gasteiger partial charge on any atom is 0.341 e. The van der Waals surface area contributed by atoms with Crippen LogP contribution in [0.5, 0.6) is 0 Å². The van der Waals surface area contributed by atoms with E-state index >= 15 is 0 Å². The lowest BCUT2D eigenvalue weighted by Gasteiger charge is -2.27. The summed E-state index contributed by atoms with van der Waals surface area (Å²) in [5, 5.41) is 17.1. The maximum absolute atomic E-state index is 13.3. The van der Waals surface area contributed by atoms with Gasteiger partial charge in [0.1, 0.15) is 22.4 Å². The van der Waals surface area contributed by atoms with Gasteiger partial charge < -0.3 is 34.5 Å². The van der Waals surface area contributed by atoms with Crippen LogP contribution >= 0.6 is 0 Å². The van der Waals surface area contributed by atoms with Gasteiger partial charge in [0.15, 0.2) is 0 Å². The summed E-state index contributed by atoms with van der Waals surface area (Å²) in [6.45, 7) is 7.04. The third kappa shape index (κ3) is 7.62. The molecular weight excluding hydrogens is 723 g/mol. The Hall–Kier alpha value is -6.34. The molecule has 6 aromatic rings. The molecule has 1 saturated heterocycles. The van der Waals surface area contributed by atoms with E-state index in [9.17, 15) is 24.3 Å². The number of pyridine rings is 4. The van der Waals surface area contributed by atoms with E-state index in [1.165, 1.54) is 28.5 Å². The zero-order valence-electron chi connectivity index (χ0n) is 32.0. The maximum atomic E-state index is 13.3. The number of carbonyl (C=O) groups excluding carboxylic acids is 1. The molecule has 0 bridgehead atoms. The second kappa shape index (κ2) is 16.0. The number of amides is 1. The number of anilines is 2. The van der Waals surface area contributed by atoms with Gasteiger partial charge in [-0.3, -0.25) is 14.4 Å². The first-order chi connectivity index (χ1) is 27.7. The summed E-state index contributed by atoms with van der Waals surface area (Å²) >= 11 is 0. The molecule has 0 radical (unpaired) electrons. The van der Waals surface area contributed by atoms with E-state index in [4.69, 9.17) is 4.74 Å². The monoisotopic (exact) mass is 767 g/mol. The van der Waals surface area contributed by atoms with Crippen molar-refractivity contribution in [3.05, 3.63) is 139 Å². The number of benzene rings is 2. The summed E-state index contributed by atoms with van der Waals surface area (Å²) in [6.07, 6.45) is 10.2. The fraction of sp³-hybridized carbons (Fsp3) is 0.318. The summed E-state index contributed by atoms with van der Waals surface area (Å²) in [7, 11) is 0. The van der Waals surface area contributed by atoms with Gasteiger partial charge >= 0.3 is 5.97 Å². The average molecular weight is 768 g/mol. The standard InChI is InChI=1S/C24H26N4O3.C20H19N3O3/c1-2-27-15-21(24(30)28-7-9-31-10-8-28)22(29)20-13-19(14-25-23(20)27)26-18-11-16-5-3-4-6-17(16)12-18;1-2-23-11-17(20(25)26)18(24)16-9-15(10-21-19(16)23)22-14-7-12-5-3-4-6-13(12)8-14/h3-6,13-15,18,26H,2,7-12H2,1H3;3-6,9-11,14,22H,2,7-8H2,1H3,(H,25,26). The third-order valence-corrected chi connectivity index (χ3v) is 11.1. The van der Waals surface area contributed by atoms with E-state index in [2.05, 4.69) is 57.0 Å². The minimum Gasteiger partial charge on any atom is -0.477 e. The summed E-state index contributed by atoms with van der Waals surface area (Å²) in [5.74, 6) is -1.45.